The lowest BCUT2D eigenvalue weighted by atomic mass is 9.97. The molecule has 0 atom stereocenters. The van der Waals surface area contributed by atoms with Crippen molar-refractivity contribution in [2.24, 2.45) is 5.92 Å². The molecule has 0 amide bonds. The smallest absolute Gasteiger partial charge is 0.170 e. The summed E-state index contributed by atoms with van der Waals surface area (Å²) in [7, 11) is 0. The fourth-order valence-electron chi connectivity index (χ4n) is 2.61. The van der Waals surface area contributed by atoms with Gasteiger partial charge in [0.2, 0.25) is 0 Å². The summed E-state index contributed by atoms with van der Waals surface area (Å²) in [6, 6.07) is 0.540. The molecule has 19 heavy (non-hydrogen) atoms. The van der Waals surface area contributed by atoms with Gasteiger partial charge in [-0.15, -0.1) is 0 Å². The normalized spacial score (nSPS) is 17.8. The molecule has 1 aliphatic rings. The lowest BCUT2D eigenvalue weighted by molar-refractivity contribution is -0.150. The van der Waals surface area contributed by atoms with Crippen molar-refractivity contribution < 1.29 is 9.47 Å². The second-order valence-electron chi connectivity index (χ2n) is 5.58. The summed E-state index contributed by atoms with van der Waals surface area (Å²) < 4.78 is 11.4. The van der Waals surface area contributed by atoms with Gasteiger partial charge in [0.05, 0.1) is 0 Å². The van der Waals surface area contributed by atoms with E-state index in [1.54, 1.807) is 0 Å². The zero-order chi connectivity index (χ0) is 14.1. The van der Waals surface area contributed by atoms with E-state index in [2.05, 4.69) is 24.1 Å². The summed E-state index contributed by atoms with van der Waals surface area (Å²) in [5, 5.41) is 3.43. The Hall–Kier alpha value is -0.160. The van der Waals surface area contributed by atoms with Crippen molar-refractivity contribution in [1.82, 2.24) is 10.2 Å². The average molecular weight is 272 g/mol. The van der Waals surface area contributed by atoms with Gasteiger partial charge < -0.3 is 14.8 Å². The summed E-state index contributed by atoms with van der Waals surface area (Å²) in [6.45, 7) is 14.4. The summed E-state index contributed by atoms with van der Waals surface area (Å²) in [4.78, 5) is 2.51. The molecule has 1 N–H and O–H groups in total. The Morgan fingerprint density at radius 3 is 2.16 bits per heavy atom. The van der Waals surface area contributed by atoms with Crippen LogP contribution in [0.2, 0.25) is 0 Å². The molecule has 0 spiro atoms. The largest absolute Gasteiger partial charge is 0.352 e. The third-order valence-corrected chi connectivity index (χ3v) is 3.77. The molecule has 114 valence electrons. The molecule has 1 rings (SSSR count). The maximum absolute atomic E-state index is 5.68. The maximum Gasteiger partial charge on any atom is 0.170 e. The Morgan fingerprint density at radius 1 is 1.11 bits per heavy atom. The standard InChI is InChI=1S/C15H32N2O2/c1-5-18-15(19-6-2)12-17(13(3)4)11-14-7-9-16-10-8-14/h13-16H,5-12H2,1-4H3. The molecule has 4 heteroatoms. The third kappa shape index (κ3) is 6.70. The highest BCUT2D eigenvalue weighted by Crippen LogP contribution is 2.16. The Balaban J connectivity index is 2.45. The van der Waals surface area contributed by atoms with Crippen molar-refractivity contribution in [1.29, 1.82) is 0 Å². The quantitative estimate of drug-likeness (QED) is 0.652. The van der Waals surface area contributed by atoms with Crippen LogP contribution in [0.1, 0.15) is 40.5 Å². The third-order valence-electron chi connectivity index (χ3n) is 3.77. The van der Waals surface area contributed by atoms with Crippen LogP contribution < -0.4 is 5.32 Å². The molecule has 0 aromatic rings. The van der Waals surface area contributed by atoms with E-state index in [0.29, 0.717) is 19.3 Å². The number of nitrogens with zero attached hydrogens (tertiary/aromatic N) is 1. The van der Waals surface area contributed by atoms with Gasteiger partial charge in [-0.3, -0.25) is 4.90 Å². The first-order chi connectivity index (χ1) is 9.17. The molecule has 0 unspecified atom stereocenters. The SMILES string of the molecule is CCOC(CN(CC1CCNCC1)C(C)C)OCC. The minimum atomic E-state index is -0.0842. The van der Waals surface area contributed by atoms with E-state index < -0.39 is 0 Å². The van der Waals surface area contributed by atoms with Crippen LogP contribution in [0, 0.1) is 5.92 Å². The highest BCUT2D eigenvalue weighted by Gasteiger charge is 2.22. The van der Waals surface area contributed by atoms with Crippen LogP contribution in [-0.2, 0) is 9.47 Å². The molecule has 1 heterocycles. The second kappa shape index (κ2) is 9.70. The molecule has 1 saturated heterocycles. The van der Waals surface area contributed by atoms with Gasteiger partial charge in [0, 0.05) is 32.3 Å². The molecule has 0 aromatic carbocycles. The van der Waals surface area contributed by atoms with E-state index in [9.17, 15) is 0 Å². The van der Waals surface area contributed by atoms with E-state index in [1.165, 1.54) is 12.8 Å². The fourth-order valence-corrected chi connectivity index (χ4v) is 2.61. The first-order valence-electron chi connectivity index (χ1n) is 7.85. The first kappa shape index (κ1) is 16.9. The van der Waals surface area contributed by atoms with Crippen LogP contribution >= 0.6 is 0 Å². The molecular formula is C15H32N2O2. The lowest BCUT2D eigenvalue weighted by Crippen LogP contribution is -2.44. The summed E-state index contributed by atoms with van der Waals surface area (Å²) >= 11 is 0. The number of piperidine rings is 1. The van der Waals surface area contributed by atoms with Crippen LogP contribution in [0.25, 0.3) is 0 Å². The van der Waals surface area contributed by atoms with Crippen molar-refractivity contribution in [3.8, 4) is 0 Å². The number of ether oxygens (including phenoxy) is 2. The number of hydrogen-bond donors (Lipinski definition) is 1. The number of hydrogen-bond acceptors (Lipinski definition) is 4. The van der Waals surface area contributed by atoms with E-state index in [0.717, 1.165) is 32.1 Å². The van der Waals surface area contributed by atoms with Crippen LogP contribution in [0.5, 0.6) is 0 Å². The van der Waals surface area contributed by atoms with Crippen molar-refractivity contribution in [3.05, 3.63) is 0 Å². The van der Waals surface area contributed by atoms with Crippen molar-refractivity contribution >= 4 is 0 Å². The van der Waals surface area contributed by atoms with Crippen LogP contribution in [0.15, 0.2) is 0 Å². The van der Waals surface area contributed by atoms with Gasteiger partial charge in [0.15, 0.2) is 6.29 Å². The topological polar surface area (TPSA) is 33.7 Å². The van der Waals surface area contributed by atoms with E-state index >= 15 is 0 Å². The molecule has 1 fully saturated rings. The lowest BCUT2D eigenvalue weighted by Gasteiger charge is -2.34. The Bertz CT molecular complexity index is 212. The molecule has 0 aliphatic carbocycles. The van der Waals surface area contributed by atoms with E-state index in [-0.39, 0.29) is 6.29 Å². The predicted molar refractivity (Wildman–Crippen MR) is 79.3 cm³/mol. The zero-order valence-electron chi connectivity index (χ0n) is 13.2. The van der Waals surface area contributed by atoms with Gasteiger partial charge in [-0.1, -0.05) is 0 Å². The Labute approximate surface area is 118 Å². The van der Waals surface area contributed by atoms with Gasteiger partial charge in [-0.2, -0.15) is 0 Å². The second-order valence-corrected chi connectivity index (χ2v) is 5.58. The van der Waals surface area contributed by atoms with E-state index in [4.69, 9.17) is 9.47 Å². The minimum absolute atomic E-state index is 0.0842. The Morgan fingerprint density at radius 2 is 1.68 bits per heavy atom. The average Bonchev–Trinajstić information content (AvgIpc) is 2.39. The molecule has 0 saturated carbocycles. The first-order valence-corrected chi connectivity index (χ1v) is 7.85. The molecule has 4 nitrogen and oxygen atoms in total. The highest BCUT2D eigenvalue weighted by molar-refractivity contribution is 4.75. The molecule has 0 aromatic heterocycles. The van der Waals surface area contributed by atoms with Crippen molar-refractivity contribution in [2.45, 2.75) is 52.9 Å². The molecule has 0 radical (unpaired) electrons. The van der Waals surface area contributed by atoms with Gasteiger partial charge >= 0.3 is 0 Å². The predicted octanol–water partition coefficient (Wildman–Crippen LogP) is 2.10. The molecular weight excluding hydrogens is 240 g/mol. The number of nitrogens with one attached hydrogen (secondary N) is 1. The van der Waals surface area contributed by atoms with Gasteiger partial charge in [-0.05, 0) is 59.5 Å². The summed E-state index contributed by atoms with van der Waals surface area (Å²) in [6.07, 6.45) is 2.49. The Kier molecular flexibility index (Phi) is 8.62. The zero-order valence-corrected chi connectivity index (χ0v) is 13.2. The van der Waals surface area contributed by atoms with Crippen LogP contribution in [-0.4, -0.2) is 56.6 Å². The monoisotopic (exact) mass is 272 g/mol. The fraction of sp³-hybridized carbons (Fsp3) is 1.00. The number of rotatable bonds is 9. The summed E-state index contributed by atoms with van der Waals surface area (Å²) in [5.41, 5.74) is 0. The molecule has 1 aliphatic heterocycles. The van der Waals surface area contributed by atoms with Gasteiger partial charge in [0.1, 0.15) is 0 Å². The van der Waals surface area contributed by atoms with E-state index in [1.807, 2.05) is 13.8 Å². The summed E-state index contributed by atoms with van der Waals surface area (Å²) in [5.74, 6) is 0.813. The van der Waals surface area contributed by atoms with Crippen molar-refractivity contribution in [2.75, 3.05) is 39.4 Å². The maximum atomic E-state index is 5.68. The minimum Gasteiger partial charge on any atom is -0.352 e. The van der Waals surface area contributed by atoms with Crippen LogP contribution in [0.4, 0.5) is 0 Å². The highest BCUT2D eigenvalue weighted by atomic mass is 16.7. The van der Waals surface area contributed by atoms with Gasteiger partial charge in [-0.25, -0.2) is 0 Å². The van der Waals surface area contributed by atoms with Gasteiger partial charge in [0.25, 0.3) is 0 Å². The van der Waals surface area contributed by atoms with Crippen molar-refractivity contribution in [3.63, 3.8) is 0 Å². The van der Waals surface area contributed by atoms with Crippen LogP contribution in [0.3, 0.4) is 0 Å². The molecule has 0 bridgehead atoms.